The topological polar surface area (TPSA) is 60.0 Å². The first-order chi connectivity index (χ1) is 9.72. The lowest BCUT2D eigenvalue weighted by atomic mass is 9.95. The molecule has 1 aliphatic rings. The second-order valence-electron chi connectivity index (χ2n) is 5.47. The highest BCUT2D eigenvalue weighted by Crippen LogP contribution is 2.31. The number of nitrogens with zero attached hydrogens (tertiary/aromatic N) is 1. The summed E-state index contributed by atoms with van der Waals surface area (Å²) < 4.78 is 2.28. The van der Waals surface area contributed by atoms with Gasteiger partial charge in [-0.3, -0.25) is 4.79 Å². The molecule has 1 aliphatic carbocycles. The molecule has 0 bridgehead atoms. The fourth-order valence-electron chi connectivity index (χ4n) is 3.19. The molecule has 0 unspecified atom stereocenters. The fourth-order valence-corrected chi connectivity index (χ4v) is 3.19. The summed E-state index contributed by atoms with van der Waals surface area (Å²) in [4.78, 5) is 12.0. The number of carbonyl (C=O) groups excluding carboxylic acids is 1. The highest BCUT2D eigenvalue weighted by Gasteiger charge is 2.19. The molecular weight excluding hydrogens is 250 g/mol. The van der Waals surface area contributed by atoms with Gasteiger partial charge in [-0.25, -0.2) is 0 Å². The number of hydrogen-bond donors (Lipinski definition) is 2. The van der Waals surface area contributed by atoms with Crippen LogP contribution >= 0.6 is 0 Å². The maximum absolute atomic E-state index is 12.0. The molecular formula is C16H21N3O. The van der Waals surface area contributed by atoms with Crippen LogP contribution in [0.3, 0.4) is 0 Å². The highest BCUT2D eigenvalue weighted by molar-refractivity contribution is 5.99. The maximum Gasteiger partial charge on any atom is 0.251 e. The van der Waals surface area contributed by atoms with E-state index in [0.29, 0.717) is 13.1 Å². The van der Waals surface area contributed by atoms with Gasteiger partial charge in [-0.2, -0.15) is 0 Å². The van der Waals surface area contributed by atoms with Crippen LogP contribution < -0.4 is 11.1 Å². The summed E-state index contributed by atoms with van der Waals surface area (Å²) in [5, 5.41) is 4.07. The molecule has 4 heteroatoms. The molecule has 106 valence electrons. The van der Waals surface area contributed by atoms with E-state index in [4.69, 9.17) is 5.73 Å². The van der Waals surface area contributed by atoms with E-state index < -0.39 is 0 Å². The quantitative estimate of drug-likeness (QED) is 0.893. The zero-order valence-electron chi connectivity index (χ0n) is 11.9. The van der Waals surface area contributed by atoms with Crippen LogP contribution in [0.5, 0.6) is 0 Å². The van der Waals surface area contributed by atoms with Crippen LogP contribution in [0.15, 0.2) is 18.2 Å². The number of aryl methyl sites for hydroxylation is 2. The van der Waals surface area contributed by atoms with Crippen molar-refractivity contribution < 1.29 is 4.79 Å². The van der Waals surface area contributed by atoms with E-state index in [1.165, 1.54) is 35.0 Å². The number of carbonyl (C=O) groups is 1. The number of rotatable bonds is 3. The van der Waals surface area contributed by atoms with Gasteiger partial charge in [0.1, 0.15) is 0 Å². The summed E-state index contributed by atoms with van der Waals surface area (Å²) in [7, 11) is 2.13. The summed E-state index contributed by atoms with van der Waals surface area (Å²) >= 11 is 0. The average molecular weight is 271 g/mol. The number of amides is 1. The highest BCUT2D eigenvalue weighted by atomic mass is 16.1. The average Bonchev–Trinajstić information content (AvgIpc) is 2.78. The third-order valence-corrected chi connectivity index (χ3v) is 4.22. The van der Waals surface area contributed by atoms with E-state index in [1.807, 2.05) is 12.1 Å². The van der Waals surface area contributed by atoms with Gasteiger partial charge < -0.3 is 15.6 Å². The first-order valence-electron chi connectivity index (χ1n) is 7.31. The minimum Gasteiger partial charge on any atom is -0.351 e. The minimum atomic E-state index is -0.0363. The van der Waals surface area contributed by atoms with Crippen molar-refractivity contribution in [1.29, 1.82) is 0 Å². The third-order valence-electron chi connectivity index (χ3n) is 4.22. The molecule has 3 N–H and O–H groups in total. The summed E-state index contributed by atoms with van der Waals surface area (Å²) in [5.74, 6) is -0.0363. The normalized spacial score (nSPS) is 14.3. The summed E-state index contributed by atoms with van der Waals surface area (Å²) in [5.41, 5.74) is 10.2. The number of nitrogens with two attached hydrogens (primary N) is 1. The molecule has 0 spiro atoms. The van der Waals surface area contributed by atoms with Gasteiger partial charge in [0.25, 0.3) is 5.91 Å². The summed E-state index contributed by atoms with van der Waals surface area (Å²) in [6.45, 7) is 0.985. The van der Waals surface area contributed by atoms with E-state index in [0.717, 1.165) is 18.4 Å². The Morgan fingerprint density at radius 2 is 2.15 bits per heavy atom. The van der Waals surface area contributed by atoms with E-state index in [2.05, 4.69) is 23.0 Å². The SMILES string of the molecule is Cn1c2c(c3cc(C(=O)NCCN)ccc31)CCCC2. The van der Waals surface area contributed by atoms with E-state index in [-0.39, 0.29) is 5.91 Å². The molecule has 0 saturated carbocycles. The Labute approximate surface area is 118 Å². The lowest BCUT2D eigenvalue weighted by Gasteiger charge is -2.12. The van der Waals surface area contributed by atoms with Crippen molar-refractivity contribution in [3.63, 3.8) is 0 Å². The van der Waals surface area contributed by atoms with Gasteiger partial charge in [-0.1, -0.05) is 0 Å². The van der Waals surface area contributed by atoms with Crippen LogP contribution in [-0.2, 0) is 19.9 Å². The lowest BCUT2D eigenvalue weighted by molar-refractivity contribution is 0.0955. The van der Waals surface area contributed by atoms with Gasteiger partial charge in [0.2, 0.25) is 0 Å². The monoisotopic (exact) mass is 271 g/mol. The number of aromatic nitrogens is 1. The molecule has 20 heavy (non-hydrogen) atoms. The predicted octanol–water partition coefficient (Wildman–Crippen LogP) is 1.75. The Morgan fingerprint density at radius 1 is 1.35 bits per heavy atom. The zero-order valence-corrected chi connectivity index (χ0v) is 11.9. The standard InChI is InChI=1S/C16H21N3O/c1-19-14-5-3-2-4-12(14)13-10-11(6-7-15(13)19)16(20)18-9-8-17/h6-7,10H,2-5,8-9,17H2,1H3,(H,18,20). The first kappa shape index (κ1) is 13.2. The van der Waals surface area contributed by atoms with Crippen LogP contribution in [0.25, 0.3) is 10.9 Å². The molecule has 0 atom stereocenters. The Kier molecular flexibility index (Phi) is 3.49. The zero-order chi connectivity index (χ0) is 14.1. The van der Waals surface area contributed by atoms with Crippen LogP contribution in [0.1, 0.15) is 34.5 Å². The van der Waals surface area contributed by atoms with E-state index in [9.17, 15) is 4.79 Å². The number of fused-ring (bicyclic) bond motifs is 3. The third kappa shape index (κ3) is 2.10. The molecule has 2 aromatic rings. The number of nitrogens with one attached hydrogen (secondary N) is 1. The minimum absolute atomic E-state index is 0.0363. The largest absolute Gasteiger partial charge is 0.351 e. The Morgan fingerprint density at radius 3 is 2.95 bits per heavy atom. The van der Waals surface area contributed by atoms with Crippen molar-refractivity contribution in [1.82, 2.24) is 9.88 Å². The van der Waals surface area contributed by atoms with Crippen molar-refractivity contribution in [2.75, 3.05) is 13.1 Å². The molecule has 1 aromatic carbocycles. The molecule has 0 saturated heterocycles. The van der Waals surface area contributed by atoms with Crippen LogP contribution in [0, 0.1) is 0 Å². The van der Waals surface area contributed by atoms with Gasteiger partial charge in [-0.05, 0) is 49.4 Å². The molecule has 0 fully saturated rings. The second kappa shape index (κ2) is 5.29. The maximum atomic E-state index is 12.0. The molecule has 1 aromatic heterocycles. The molecule has 0 radical (unpaired) electrons. The Balaban J connectivity index is 2.04. The van der Waals surface area contributed by atoms with Crippen molar-refractivity contribution in [3.05, 3.63) is 35.0 Å². The summed E-state index contributed by atoms with van der Waals surface area (Å²) in [6.07, 6.45) is 4.78. The van der Waals surface area contributed by atoms with Gasteiger partial charge in [0, 0.05) is 42.3 Å². The predicted molar refractivity (Wildman–Crippen MR) is 80.9 cm³/mol. The van der Waals surface area contributed by atoms with Gasteiger partial charge in [0.15, 0.2) is 0 Å². The molecule has 1 amide bonds. The first-order valence-corrected chi connectivity index (χ1v) is 7.31. The van der Waals surface area contributed by atoms with Crippen LogP contribution in [-0.4, -0.2) is 23.6 Å². The Hall–Kier alpha value is -1.81. The van der Waals surface area contributed by atoms with Gasteiger partial charge in [0.05, 0.1) is 0 Å². The van der Waals surface area contributed by atoms with Crippen LogP contribution in [0.4, 0.5) is 0 Å². The van der Waals surface area contributed by atoms with Gasteiger partial charge in [-0.15, -0.1) is 0 Å². The van der Waals surface area contributed by atoms with Crippen molar-refractivity contribution in [2.45, 2.75) is 25.7 Å². The summed E-state index contributed by atoms with van der Waals surface area (Å²) in [6, 6.07) is 6.00. The van der Waals surface area contributed by atoms with Crippen molar-refractivity contribution in [3.8, 4) is 0 Å². The molecule has 4 nitrogen and oxygen atoms in total. The van der Waals surface area contributed by atoms with Crippen molar-refractivity contribution >= 4 is 16.8 Å². The molecule has 0 aliphatic heterocycles. The number of hydrogen-bond acceptors (Lipinski definition) is 2. The van der Waals surface area contributed by atoms with Crippen molar-refractivity contribution in [2.24, 2.45) is 12.8 Å². The molecule has 3 rings (SSSR count). The Bertz CT molecular complexity index is 657. The van der Waals surface area contributed by atoms with Crippen LogP contribution in [0.2, 0.25) is 0 Å². The van der Waals surface area contributed by atoms with Gasteiger partial charge >= 0.3 is 0 Å². The lowest BCUT2D eigenvalue weighted by Crippen LogP contribution is -2.28. The second-order valence-corrected chi connectivity index (χ2v) is 5.47. The van der Waals surface area contributed by atoms with E-state index >= 15 is 0 Å². The van der Waals surface area contributed by atoms with E-state index in [1.54, 1.807) is 0 Å². The molecule has 1 heterocycles. The smallest absolute Gasteiger partial charge is 0.251 e. The number of benzene rings is 1. The fraction of sp³-hybridized carbons (Fsp3) is 0.438.